The number of rotatable bonds is 5. The molecule has 0 saturated heterocycles. The molecule has 5 heteroatoms. The molecule has 0 fully saturated rings. The first kappa shape index (κ1) is 13.4. The molecule has 1 rings (SSSR count). The summed E-state index contributed by atoms with van der Waals surface area (Å²) < 4.78 is 0. The van der Waals surface area contributed by atoms with Crippen molar-refractivity contribution in [1.82, 2.24) is 9.97 Å². The van der Waals surface area contributed by atoms with E-state index in [0.29, 0.717) is 23.5 Å². The van der Waals surface area contributed by atoms with Gasteiger partial charge in [0, 0.05) is 25.5 Å². The van der Waals surface area contributed by atoms with E-state index >= 15 is 0 Å². The highest BCUT2D eigenvalue weighted by Gasteiger charge is 2.17. The smallest absolute Gasteiger partial charge is 0.158 e. The molecule has 94 valence electrons. The molecule has 0 saturated carbocycles. The second kappa shape index (κ2) is 5.61. The van der Waals surface area contributed by atoms with Crippen LogP contribution in [0, 0.1) is 11.3 Å². The number of nitrogens with one attached hydrogen (secondary N) is 1. The fraction of sp³-hybridized carbons (Fsp3) is 0.583. The summed E-state index contributed by atoms with van der Waals surface area (Å²) in [5, 5.41) is 7.50. The van der Waals surface area contributed by atoms with Crippen molar-refractivity contribution in [2.45, 2.75) is 33.2 Å². The van der Waals surface area contributed by atoms with Crippen molar-refractivity contribution >= 4 is 11.7 Å². The number of hydrogen-bond acceptors (Lipinski definition) is 4. The van der Waals surface area contributed by atoms with Crippen LogP contribution in [0.5, 0.6) is 0 Å². The van der Waals surface area contributed by atoms with Gasteiger partial charge in [-0.2, -0.15) is 0 Å². The lowest BCUT2D eigenvalue weighted by molar-refractivity contribution is 0.501. The van der Waals surface area contributed by atoms with Gasteiger partial charge in [0.05, 0.1) is 0 Å². The van der Waals surface area contributed by atoms with Crippen LogP contribution in [0.1, 0.15) is 32.9 Å². The van der Waals surface area contributed by atoms with Crippen LogP contribution < -0.4 is 10.6 Å². The predicted octanol–water partition coefficient (Wildman–Crippen LogP) is 1.63. The van der Waals surface area contributed by atoms with Crippen molar-refractivity contribution in [3.63, 3.8) is 0 Å². The lowest BCUT2D eigenvalue weighted by Crippen LogP contribution is -2.33. The maximum Gasteiger partial charge on any atom is 0.158 e. The zero-order valence-electron chi connectivity index (χ0n) is 10.9. The van der Waals surface area contributed by atoms with Crippen molar-refractivity contribution in [2.24, 2.45) is 11.7 Å². The highest BCUT2D eigenvalue weighted by atomic mass is 15.2. The number of amidine groups is 1. The molecule has 1 unspecified atom stereocenters. The van der Waals surface area contributed by atoms with E-state index in [0.717, 1.165) is 6.42 Å². The molecule has 5 nitrogen and oxygen atoms in total. The molecule has 0 aromatic carbocycles. The van der Waals surface area contributed by atoms with Crippen molar-refractivity contribution in [2.75, 3.05) is 11.9 Å². The summed E-state index contributed by atoms with van der Waals surface area (Å²) in [5.74, 6) is 1.25. The first-order valence-corrected chi connectivity index (χ1v) is 5.81. The minimum absolute atomic E-state index is 0.0447. The van der Waals surface area contributed by atoms with Gasteiger partial charge in [-0.1, -0.05) is 13.8 Å². The molecule has 1 aromatic heterocycles. The van der Waals surface area contributed by atoms with E-state index in [4.69, 9.17) is 11.1 Å². The molecular weight excluding hydrogens is 214 g/mol. The highest BCUT2D eigenvalue weighted by molar-refractivity contribution is 5.97. The second-order valence-corrected chi connectivity index (χ2v) is 4.73. The largest absolute Gasteiger partial charge is 0.382 e. The number of aromatic nitrogens is 2. The molecule has 0 radical (unpaired) electrons. The third-order valence-electron chi connectivity index (χ3n) is 2.74. The van der Waals surface area contributed by atoms with Gasteiger partial charge in [-0.25, -0.2) is 9.97 Å². The van der Waals surface area contributed by atoms with Crippen LogP contribution in [0.3, 0.4) is 0 Å². The maximum absolute atomic E-state index is 7.50. The average molecular weight is 235 g/mol. The lowest BCUT2D eigenvalue weighted by atomic mass is 10.0. The van der Waals surface area contributed by atoms with Gasteiger partial charge < -0.3 is 10.6 Å². The third-order valence-corrected chi connectivity index (χ3v) is 2.74. The zero-order chi connectivity index (χ0) is 13.0. The van der Waals surface area contributed by atoms with Gasteiger partial charge in [-0.15, -0.1) is 0 Å². The van der Waals surface area contributed by atoms with Crippen molar-refractivity contribution in [3.05, 3.63) is 18.1 Å². The Morgan fingerprint density at radius 1 is 1.35 bits per heavy atom. The first-order valence-electron chi connectivity index (χ1n) is 5.81. The van der Waals surface area contributed by atoms with E-state index in [1.807, 2.05) is 11.9 Å². The molecule has 1 atom stereocenters. The van der Waals surface area contributed by atoms with Crippen molar-refractivity contribution < 1.29 is 0 Å². The number of nitrogens with zero attached hydrogens (tertiary/aromatic N) is 3. The van der Waals surface area contributed by atoms with Gasteiger partial charge in [0.25, 0.3) is 0 Å². The third kappa shape index (κ3) is 3.41. The summed E-state index contributed by atoms with van der Waals surface area (Å²) in [6.45, 7) is 6.51. The van der Waals surface area contributed by atoms with Gasteiger partial charge in [-0.05, 0) is 19.3 Å². The standard InChI is InChI=1S/C12H21N5/c1-8(2)7-9(3)17(4)12-10(11(13)14)15-5-6-16-12/h5-6,8-9H,7H2,1-4H3,(H3,13,14). The van der Waals surface area contributed by atoms with E-state index in [2.05, 4.69) is 30.7 Å². The molecule has 17 heavy (non-hydrogen) atoms. The molecular formula is C12H21N5. The summed E-state index contributed by atoms with van der Waals surface area (Å²) in [6, 6.07) is 0.338. The quantitative estimate of drug-likeness (QED) is 0.600. The number of nitrogen functional groups attached to an aromatic ring is 1. The van der Waals surface area contributed by atoms with E-state index in [-0.39, 0.29) is 5.84 Å². The number of hydrogen-bond donors (Lipinski definition) is 2. The Morgan fingerprint density at radius 2 is 1.94 bits per heavy atom. The van der Waals surface area contributed by atoms with E-state index < -0.39 is 0 Å². The molecule has 0 aliphatic rings. The Morgan fingerprint density at radius 3 is 2.47 bits per heavy atom. The fourth-order valence-electron chi connectivity index (χ4n) is 1.83. The number of nitrogens with two attached hydrogens (primary N) is 1. The Hall–Kier alpha value is -1.65. The van der Waals surface area contributed by atoms with Gasteiger partial charge in [0.15, 0.2) is 5.82 Å². The van der Waals surface area contributed by atoms with Crippen LogP contribution in [0.2, 0.25) is 0 Å². The van der Waals surface area contributed by atoms with Crippen LogP contribution >= 0.6 is 0 Å². The van der Waals surface area contributed by atoms with Crippen molar-refractivity contribution in [1.29, 1.82) is 5.41 Å². The predicted molar refractivity (Wildman–Crippen MR) is 70.4 cm³/mol. The SMILES string of the molecule is CC(C)CC(C)N(C)c1nccnc1C(=N)N. The van der Waals surface area contributed by atoms with E-state index in [9.17, 15) is 0 Å². The summed E-state index contributed by atoms with van der Waals surface area (Å²) in [5.41, 5.74) is 5.96. The molecule has 0 bridgehead atoms. The van der Waals surface area contributed by atoms with Gasteiger partial charge in [0.2, 0.25) is 0 Å². The summed E-state index contributed by atoms with van der Waals surface area (Å²) in [4.78, 5) is 10.4. The maximum atomic E-state index is 7.50. The monoisotopic (exact) mass is 235 g/mol. The normalized spacial score (nSPS) is 12.5. The van der Waals surface area contributed by atoms with Crippen molar-refractivity contribution in [3.8, 4) is 0 Å². The average Bonchev–Trinajstić information content (AvgIpc) is 2.27. The van der Waals surface area contributed by atoms with Crippen LogP contribution in [0.4, 0.5) is 5.82 Å². The Bertz CT molecular complexity index is 388. The minimum atomic E-state index is -0.0447. The molecule has 1 heterocycles. The van der Waals surface area contributed by atoms with Gasteiger partial charge >= 0.3 is 0 Å². The molecule has 0 aliphatic carbocycles. The lowest BCUT2D eigenvalue weighted by Gasteiger charge is -2.28. The number of anilines is 1. The van der Waals surface area contributed by atoms with Crippen LogP contribution in [0.25, 0.3) is 0 Å². The Kier molecular flexibility index (Phi) is 4.43. The molecule has 0 aliphatic heterocycles. The zero-order valence-corrected chi connectivity index (χ0v) is 10.9. The van der Waals surface area contributed by atoms with E-state index in [1.54, 1.807) is 12.4 Å². The molecule has 1 aromatic rings. The highest BCUT2D eigenvalue weighted by Crippen LogP contribution is 2.18. The molecule has 0 spiro atoms. The minimum Gasteiger partial charge on any atom is -0.382 e. The summed E-state index contributed by atoms with van der Waals surface area (Å²) in [6.07, 6.45) is 4.24. The second-order valence-electron chi connectivity index (χ2n) is 4.73. The van der Waals surface area contributed by atoms with Gasteiger partial charge in [0.1, 0.15) is 11.5 Å². The molecule has 0 amide bonds. The topological polar surface area (TPSA) is 78.9 Å². The summed E-state index contributed by atoms with van der Waals surface area (Å²) >= 11 is 0. The Balaban J connectivity index is 2.95. The van der Waals surface area contributed by atoms with Crippen LogP contribution in [-0.4, -0.2) is 28.9 Å². The van der Waals surface area contributed by atoms with Crippen LogP contribution in [-0.2, 0) is 0 Å². The van der Waals surface area contributed by atoms with E-state index in [1.165, 1.54) is 0 Å². The Labute approximate surface area is 103 Å². The first-order chi connectivity index (χ1) is 7.93. The van der Waals surface area contributed by atoms with Crippen LogP contribution in [0.15, 0.2) is 12.4 Å². The summed E-state index contributed by atoms with van der Waals surface area (Å²) in [7, 11) is 1.96. The molecule has 3 N–H and O–H groups in total. The van der Waals surface area contributed by atoms with Gasteiger partial charge in [-0.3, -0.25) is 5.41 Å². The fourth-order valence-corrected chi connectivity index (χ4v) is 1.83.